The van der Waals surface area contributed by atoms with Crippen LogP contribution in [0.5, 0.6) is 0 Å². The number of benzene rings is 1. The van der Waals surface area contributed by atoms with Crippen LogP contribution in [0.3, 0.4) is 0 Å². The molecule has 0 spiro atoms. The van der Waals surface area contributed by atoms with Crippen molar-refractivity contribution in [1.29, 1.82) is 0 Å². The fourth-order valence-corrected chi connectivity index (χ4v) is 2.37. The first kappa shape index (κ1) is 10.5. The molecule has 1 aromatic rings. The molecule has 1 aliphatic heterocycles. The van der Waals surface area contributed by atoms with Crippen molar-refractivity contribution in [3.8, 4) is 0 Å². The zero-order chi connectivity index (χ0) is 10.7. The number of hydrogen-bond donors (Lipinski definition) is 3. The summed E-state index contributed by atoms with van der Waals surface area (Å²) in [6, 6.07) is 6.15. The Morgan fingerprint density at radius 1 is 1.27 bits per heavy atom. The molecule has 3 nitrogen and oxygen atoms in total. The van der Waals surface area contributed by atoms with E-state index < -0.39 is 0 Å². The van der Waals surface area contributed by atoms with Crippen LogP contribution in [0.2, 0.25) is 0 Å². The predicted molar refractivity (Wildman–Crippen MR) is 63.6 cm³/mol. The molecule has 0 atom stereocenters. The maximum Gasteiger partial charge on any atom is 0.0362 e. The van der Waals surface area contributed by atoms with Crippen molar-refractivity contribution >= 4 is 5.69 Å². The van der Waals surface area contributed by atoms with Crippen LogP contribution in [0.25, 0.3) is 0 Å². The van der Waals surface area contributed by atoms with Crippen LogP contribution in [0.4, 0.5) is 5.69 Å². The van der Waals surface area contributed by atoms with E-state index in [0.29, 0.717) is 12.5 Å². The lowest BCUT2D eigenvalue weighted by molar-refractivity contribution is 0.458. The molecule has 1 aromatic carbocycles. The van der Waals surface area contributed by atoms with Crippen molar-refractivity contribution in [1.82, 2.24) is 5.32 Å². The summed E-state index contributed by atoms with van der Waals surface area (Å²) in [6.45, 7) is 2.75. The number of anilines is 1. The van der Waals surface area contributed by atoms with Gasteiger partial charge in [0.25, 0.3) is 0 Å². The molecule has 1 saturated heterocycles. The quantitative estimate of drug-likeness (QED) is 0.636. The molecule has 2 rings (SSSR count). The van der Waals surface area contributed by atoms with Gasteiger partial charge in [0.1, 0.15) is 0 Å². The third-order valence-electron chi connectivity index (χ3n) is 3.23. The van der Waals surface area contributed by atoms with Crippen molar-refractivity contribution in [2.45, 2.75) is 25.3 Å². The molecule has 0 bridgehead atoms. The lowest BCUT2D eigenvalue weighted by Crippen LogP contribution is -2.27. The van der Waals surface area contributed by atoms with Gasteiger partial charge in [0, 0.05) is 12.2 Å². The summed E-state index contributed by atoms with van der Waals surface area (Å²) < 4.78 is 0. The van der Waals surface area contributed by atoms with Gasteiger partial charge in [0.15, 0.2) is 0 Å². The lowest BCUT2D eigenvalue weighted by atomic mass is 9.86. The lowest BCUT2D eigenvalue weighted by Gasteiger charge is -2.25. The first-order valence-electron chi connectivity index (χ1n) is 5.61. The average Bonchev–Trinajstić information content (AvgIpc) is 2.30. The summed E-state index contributed by atoms with van der Waals surface area (Å²) in [5, 5.41) is 3.37. The van der Waals surface area contributed by atoms with Gasteiger partial charge in [0.2, 0.25) is 0 Å². The van der Waals surface area contributed by atoms with E-state index in [1.165, 1.54) is 18.4 Å². The fourth-order valence-electron chi connectivity index (χ4n) is 2.37. The van der Waals surface area contributed by atoms with E-state index >= 15 is 0 Å². The van der Waals surface area contributed by atoms with E-state index in [1.54, 1.807) is 0 Å². The molecule has 15 heavy (non-hydrogen) atoms. The number of nitrogens with two attached hydrogens (primary N) is 2. The summed E-state index contributed by atoms with van der Waals surface area (Å²) in [6.07, 6.45) is 2.38. The molecule has 82 valence electrons. The Labute approximate surface area is 90.8 Å². The third kappa shape index (κ3) is 2.13. The van der Waals surface area contributed by atoms with Crippen molar-refractivity contribution in [2.24, 2.45) is 5.73 Å². The molecule has 1 fully saturated rings. The van der Waals surface area contributed by atoms with E-state index in [1.807, 2.05) is 12.1 Å². The summed E-state index contributed by atoms with van der Waals surface area (Å²) in [7, 11) is 0. The Kier molecular flexibility index (Phi) is 3.23. The first-order valence-corrected chi connectivity index (χ1v) is 5.61. The number of nitrogen functional groups attached to an aromatic ring is 1. The maximum absolute atomic E-state index is 5.94. The van der Waals surface area contributed by atoms with Gasteiger partial charge in [-0.25, -0.2) is 0 Å². The Bertz CT molecular complexity index is 330. The zero-order valence-electron chi connectivity index (χ0n) is 9.00. The molecule has 0 radical (unpaired) electrons. The summed E-state index contributed by atoms with van der Waals surface area (Å²) in [4.78, 5) is 0. The highest BCUT2D eigenvalue weighted by molar-refractivity contribution is 5.52. The topological polar surface area (TPSA) is 64.1 Å². The van der Waals surface area contributed by atoms with Gasteiger partial charge >= 0.3 is 0 Å². The second-order valence-corrected chi connectivity index (χ2v) is 4.14. The van der Waals surface area contributed by atoms with Crippen LogP contribution >= 0.6 is 0 Å². The standard InChI is InChI=1S/C12H19N3/c13-8-11-10(2-1-3-12(11)14)9-4-6-15-7-5-9/h1-3,9,15H,4-8,13-14H2. The van der Waals surface area contributed by atoms with Gasteiger partial charge in [-0.1, -0.05) is 12.1 Å². The first-order chi connectivity index (χ1) is 7.33. The SMILES string of the molecule is NCc1c(N)cccc1C1CCNCC1. The molecular weight excluding hydrogens is 186 g/mol. The number of piperidine rings is 1. The minimum absolute atomic E-state index is 0.548. The molecule has 1 aliphatic rings. The van der Waals surface area contributed by atoms with Crippen LogP contribution in [0.1, 0.15) is 29.9 Å². The molecule has 0 aliphatic carbocycles. The Hall–Kier alpha value is -1.06. The molecule has 0 amide bonds. The van der Waals surface area contributed by atoms with Gasteiger partial charge < -0.3 is 16.8 Å². The Balaban J connectivity index is 2.29. The smallest absolute Gasteiger partial charge is 0.0362 e. The maximum atomic E-state index is 5.94. The molecular formula is C12H19N3. The van der Waals surface area contributed by atoms with E-state index in [4.69, 9.17) is 11.5 Å². The second-order valence-electron chi connectivity index (χ2n) is 4.14. The number of hydrogen-bond acceptors (Lipinski definition) is 3. The molecule has 0 unspecified atom stereocenters. The molecule has 0 saturated carbocycles. The fraction of sp³-hybridized carbons (Fsp3) is 0.500. The van der Waals surface area contributed by atoms with E-state index in [-0.39, 0.29) is 0 Å². The zero-order valence-corrected chi connectivity index (χ0v) is 9.00. The monoisotopic (exact) mass is 205 g/mol. The molecule has 0 aromatic heterocycles. The molecule has 3 heteroatoms. The van der Waals surface area contributed by atoms with Crippen LogP contribution in [-0.4, -0.2) is 13.1 Å². The third-order valence-corrected chi connectivity index (χ3v) is 3.23. The van der Waals surface area contributed by atoms with Crippen LogP contribution in [0.15, 0.2) is 18.2 Å². The average molecular weight is 205 g/mol. The van der Waals surface area contributed by atoms with Crippen molar-refractivity contribution < 1.29 is 0 Å². The summed E-state index contributed by atoms with van der Waals surface area (Å²) in [5.41, 5.74) is 15.0. The highest BCUT2D eigenvalue weighted by atomic mass is 14.9. The molecule has 5 N–H and O–H groups in total. The van der Waals surface area contributed by atoms with Crippen molar-refractivity contribution in [3.05, 3.63) is 29.3 Å². The van der Waals surface area contributed by atoms with Gasteiger partial charge in [-0.05, 0) is 49.0 Å². The predicted octanol–water partition coefficient (Wildman–Crippen LogP) is 1.19. The van der Waals surface area contributed by atoms with E-state index in [9.17, 15) is 0 Å². The Morgan fingerprint density at radius 2 is 2.00 bits per heavy atom. The highest BCUT2D eigenvalue weighted by Gasteiger charge is 2.18. The van der Waals surface area contributed by atoms with Gasteiger partial charge in [-0.15, -0.1) is 0 Å². The van der Waals surface area contributed by atoms with Gasteiger partial charge in [-0.3, -0.25) is 0 Å². The van der Waals surface area contributed by atoms with E-state index in [0.717, 1.165) is 24.3 Å². The van der Waals surface area contributed by atoms with Crippen LogP contribution in [-0.2, 0) is 6.54 Å². The minimum atomic E-state index is 0.548. The van der Waals surface area contributed by atoms with Gasteiger partial charge in [-0.2, -0.15) is 0 Å². The minimum Gasteiger partial charge on any atom is -0.398 e. The molecule has 1 heterocycles. The number of rotatable bonds is 2. The Morgan fingerprint density at radius 3 is 2.67 bits per heavy atom. The second kappa shape index (κ2) is 4.64. The highest BCUT2D eigenvalue weighted by Crippen LogP contribution is 2.30. The summed E-state index contributed by atoms with van der Waals surface area (Å²) >= 11 is 0. The van der Waals surface area contributed by atoms with Crippen molar-refractivity contribution in [3.63, 3.8) is 0 Å². The van der Waals surface area contributed by atoms with Gasteiger partial charge in [0.05, 0.1) is 0 Å². The van der Waals surface area contributed by atoms with Crippen LogP contribution < -0.4 is 16.8 Å². The van der Waals surface area contributed by atoms with Crippen LogP contribution in [0, 0.1) is 0 Å². The largest absolute Gasteiger partial charge is 0.398 e. The van der Waals surface area contributed by atoms with E-state index in [2.05, 4.69) is 11.4 Å². The summed E-state index contributed by atoms with van der Waals surface area (Å²) in [5.74, 6) is 0.633. The number of nitrogens with one attached hydrogen (secondary N) is 1. The normalized spacial score (nSPS) is 17.9. The van der Waals surface area contributed by atoms with Crippen molar-refractivity contribution in [2.75, 3.05) is 18.8 Å².